The molecule has 0 aliphatic rings. The van der Waals surface area contributed by atoms with E-state index in [9.17, 15) is 0 Å². The highest BCUT2D eigenvalue weighted by Crippen LogP contribution is 2.30. The van der Waals surface area contributed by atoms with Crippen molar-refractivity contribution in [2.45, 2.75) is 32.9 Å². The van der Waals surface area contributed by atoms with Crippen molar-refractivity contribution in [1.82, 2.24) is 10.5 Å². The fraction of sp³-hybridized carbons (Fsp3) is 0.438. The van der Waals surface area contributed by atoms with Gasteiger partial charge >= 0.3 is 0 Å². The summed E-state index contributed by atoms with van der Waals surface area (Å²) < 4.78 is 15.8. The predicted molar refractivity (Wildman–Crippen MR) is 80.7 cm³/mol. The third kappa shape index (κ3) is 3.76. The maximum absolute atomic E-state index is 5.36. The summed E-state index contributed by atoms with van der Waals surface area (Å²) in [5.74, 6) is 2.32. The number of rotatable bonds is 7. The Labute approximate surface area is 125 Å². The maximum Gasteiger partial charge on any atom is 0.161 e. The van der Waals surface area contributed by atoms with E-state index in [4.69, 9.17) is 14.0 Å². The average molecular weight is 290 g/mol. The van der Waals surface area contributed by atoms with Gasteiger partial charge in [-0.15, -0.1) is 0 Å². The number of hydrogen-bond donors (Lipinski definition) is 1. The van der Waals surface area contributed by atoms with Crippen molar-refractivity contribution in [1.29, 1.82) is 0 Å². The van der Waals surface area contributed by atoms with Crippen LogP contribution in [-0.2, 0) is 6.54 Å². The summed E-state index contributed by atoms with van der Waals surface area (Å²) in [6.07, 6.45) is 0.961. The van der Waals surface area contributed by atoms with Gasteiger partial charge in [-0.05, 0) is 31.0 Å². The van der Waals surface area contributed by atoms with Gasteiger partial charge in [-0.3, -0.25) is 0 Å². The Morgan fingerprint density at radius 2 is 1.95 bits per heavy atom. The smallest absolute Gasteiger partial charge is 0.161 e. The molecule has 0 saturated heterocycles. The zero-order valence-electron chi connectivity index (χ0n) is 13.0. The summed E-state index contributed by atoms with van der Waals surface area (Å²) in [5.41, 5.74) is 2.05. The molecule has 2 aromatic rings. The van der Waals surface area contributed by atoms with Crippen LogP contribution in [0.4, 0.5) is 0 Å². The lowest BCUT2D eigenvalue weighted by atomic mass is 10.0. The molecule has 1 N–H and O–H groups in total. The van der Waals surface area contributed by atoms with E-state index in [2.05, 4.69) is 17.4 Å². The van der Waals surface area contributed by atoms with E-state index in [1.54, 1.807) is 14.2 Å². The van der Waals surface area contributed by atoms with Crippen LogP contribution in [0.15, 0.2) is 28.8 Å². The molecule has 0 bridgehead atoms. The minimum absolute atomic E-state index is 0.218. The monoisotopic (exact) mass is 290 g/mol. The molecule has 1 heterocycles. The van der Waals surface area contributed by atoms with Gasteiger partial charge in [0.2, 0.25) is 0 Å². The summed E-state index contributed by atoms with van der Waals surface area (Å²) in [6, 6.07) is 8.14. The lowest BCUT2D eigenvalue weighted by Crippen LogP contribution is -2.20. The van der Waals surface area contributed by atoms with E-state index in [0.717, 1.165) is 34.9 Å². The van der Waals surface area contributed by atoms with Crippen molar-refractivity contribution in [3.05, 3.63) is 41.3 Å². The SMILES string of the molecule is CCC(NCc1cc(C)no1)c1ccc(OC)c(OC)c1. The normalized spacial score (nSPS) is 12.2. The van der Waals surface area contributed by atoms with Crippen molar-refractivity contribution in [3.63, 3.8) is 0 Å². The van der Waals surface area contributed by atoms with Crippen LogP contribution < -0.4 is 14.8 Å². The Hall–Kier alpha value is -2.01. The highest BCUT2D eigenvalue weighted by molar-refractivity contribution is 5.43. The van der Waals surface area contributed by atoms with E-state index in [-0.39, 0.29) is 6.04 Å². The van der Waals surface area contributed by atoms with Crippen LogP contribution in [0.2, 0.25) is 0 Å². The average Bonchev–Trinajstić information content (AvgIpc) is 2.93. The van der Waals surface area contributed by atoms with E-state index in [1.165, 1.54) is 0 Å². The number of benzene rings is 1. The zero-order chi connectivity index (χ0) is 15.2. The highest BCUT2D eigenvalue weighted by Gasteiger charge is 2.13. The molecule has 0 amide bonds. The third-order valence-corrected chi connectivity index (χ3v) is 3.42. The quantitative estimate of drug-likeness (QED) is 0.848. The molecule has 21 heavy (non-hydrogen) atoms. The van der Waals surface area contributed by atoms with Gasteiger partial charge in [-0.25, -0.2) is 0 Å². The second kappa shape index (κ2) is 7.13. The summed E-state index contributed by atoms with van der Waals surface area (Å²) >= 11 is 0. The molecule has 5 nitrogen and oxygen atoms in total. The molecule has 5 heteroatoms. The van der Waals surface area contributed by atoms with Crippen molar-refractivity contribution in [2.24, 2.45) is 0 Å². The Bertz CT molecular complexity index is 581. The molecule has 0 fully saturated rings. The first-order valence-corrected chi connectivity index (χ1v) is 7.05. The number of ether oxygens (including phenoxy) is 2. The molecule has 0 saturated carbocycles. The van der Waals surface area contributed by atoms with Crippen LogP contribution in [-0.4, -0.2) is 19.4 Å². The molecule has 1 aromatic carbocycles. The topological polar surface area (TPSA) is 56.5 Å². The third-order valence-electron chi connectivity index (χ3n) is 3.42. The fourth-order valence-electron chi connectivity index (χ4n) is 2.29. The number of aryl methyl sites for hydroxylation is 1. The van der Waals surface area contributed by atoms with Crippen molar-refractivity contribution in [2.75, 3.05) is 14.2 Å². The Morgan fingerprint density at radius 1 is 1.19 bits per heavy atom. The number of aromatic nitrogens is 1. The number of nitrogens with one attached hydrogen (secondary N) is 1. The van der Waals surface area contributed by atoms with Gasteiger partial charge in [0, 0.05) is 12.1 Å². The summed E-state index contributed by atoms with van der Waals surface area (Å²) in [4.78, 5) is 0. The van der Waals surface area contributed by atoms with Gasteiger partial charge in [0.05, 0.1) is 26.5 Å². The van der Waals surface area contributed by atoms with E-state index >= 15 is 0 Å². The first-order chi connectivity index (χ1) is 10.2. The van der Waals surface area contributed by atoms with E-state index < -0.39 is 0 Å². The molecule has 2 rings (SSSR count). The zero-order valence-corrected chi connectivity index (χ0v) is 13.0. The Balaban J connectivity index is 2.09. The molecule has 0 aliphatic heterocycles. The van der Waals surface area contributed by atoms with Crippen LogP contribution in [0, 0.1) is 6.92 Å². The molecular weight excluding hydrogens is 268 g/mol. The van der Waals surface area contributed by atoms with Crippen molar-refractivity contribution < 1.29 is 14.0 Å². The lowest BCUT2D eigenvalue weighted by molar-refractivity contribution is 0.350. The molecule has 1 atom stereocenters. The van der Waals surface area contributed by atoms with Gasteiger partial charge in [0.1, 0.15) is 0 Å². The Kier molecular flexibility index (Phi) is 5.22. The van der Waals surface area contributed by atoms with Crippen LogP contribution in [0.1, 0.15) is 36.4 Å². The van der Waals surface area contributed by atoms with Crippen LogP contribution in [0.5, 0.6) is 11.5 Å². The van der Waals surface area contributed by atoms with Crippen molar-refractivity contribution in [3.8, 4) is 11.5 Å². The van der Waals surface area contributed by atoms with Gasteiger partial charge in [0.25, 0.3) is 0 Å². The summed E-state index contributed by atoms with van der Waals surface area (Å²) in [7, 11) is 3.28. The van der Waals surface area contributed by atoms with Crippen LogP contribution in [0.25, 0.3) is 0 Å². The van der Waals surface area contributed by atoms with Gasteiger partial charge in [0.15, 0.2) is 17.3 Å². The highest BCUT2D eigenvalue weighted by atomic mass is 16.5. The second-order valence-electron chi connectivity index (χ2n) is 4.89. The van der Waals surface area contributed by atoms with E-state index in [1.807, 2.05) is 31.2 Å². The molecule has 0 spiro atoms. The number of hydrogen-bond acceptors (Lipinski definition) is 5. The van der Waals surface area contributed by atoms with Gasteiger partial charge in [-0.1, -0.05) is 18.1 Å². The van der Waals surface area contributed by atoms with Crippen LogP contribution in [0.3, 0.4) is 0 Å². The largest absolute Gasteiger partial charge is 0.493 e. The molecule has 1 unspecified atom stereocenters. The summed E-state index contributed by atoms with van der Waals surface area (Å²) in [6.45, 7) is 4.70. The number of nitrogens with zero attached hydrogens (tertiary/aromatic N) is 1. The Morgan fingerprint density at radius 3 is 2.52 bits per heavy atom. The minimum Gasteiger partial charge on any atom is -0.493 e. The molecule has 1 aromatic heterocycles. The number of methoxy groups -OCH3 is 2. The lowest BCUT2D eigenvalue weighted by Gasteiger charge is -2.18. The second-order valence-corrected chi connectivity index (χ2v) is 4.89. The maximum atomic E-state index is 5.36. The molecule has 0 radical (unpaired) electrons. The summed E-state index contributed by atoms with van der Waals surface area (Å²) in [5, 5.41) is 7.37. The van der Waals surface area contributed by atoms with Crippen LogP contribution >= 0.6 is 0 Å². The minimum atomic E-state index is 0.218. The fourth-order valence-corrected chi connectivity index (χ4v) is 2.29. The first-order valence-electron chi connectivity index (χ1n) is 7.05. The molecule has 0 aliphatic carbocycles. The standard InChI is InChI=1S/C16H22N2O3/c1-5-14(17-10-13-8-11(2)18-21-13)12-6-7-15(19-3)16(9-12)20-4/h6-9,14,17H,5,10H2,1-4H3. The predicted octanol–water partition coefficient (Wildman–Crippen LogP) is 3.24. The van der Waals surface area contributed by atoms with Gasteiger partial charge in [-0.2, -0.15) is 0 Å². The first kappa shape index (κ1) is 15.4. The molecule has 114 valence electrons. The van der Waals surface area contributed by atoms with E-state index in [0.29, 0.717) is 6.54 Å². The molecular formula is C16H22N2O3. The van der Waals surface area contributed by atoms with Crippen molar-refractivity contribution >= 4 is 0 Å². The van der Waals surface area contributed by atoms with Gasteiger partial charge < -0.3 is 19.3 Å².